The minimum Gasteiger partial charge on any atom is -0.368 e. The third-order valence-electron chi connectivity index (χ3n) is 2.92. The number of hydrazine groups is 1. The van der Waals surface area contributed by atoms with E-state index >= 15 is 0 Å². The zero-order valence-electron chi connectivity index (χ0n) is 8.83. The topological polar surface area (TPSA) is 70.4 Å². The fraction of sp³-hybridized carbons (Fsp3) is 0.700. The Hall–Kier alpha value is -1.07. The Balaban J connectivity index is 1.97. The van der Waals surface area contributed by atoms with Crippen LogP contribution in [0.5, 0.6) is 0 Å². The molecule has 84 valence electrons. The minimum atomic E-state index is -0.255. The molecule has 0 aromatic carbocycles. The third-order valence-corrected chi connectivity index (χ3v) is 2.92. The van der Waals surface area contributed by atoms with Crippen LogP contribution in [-0.2, 0) is 4.79 Å². The predicted octanol–water partition coefficient (Wildman–Crippen LogP) is -0.682. The Morgan fingerprint density at radius 3 is 3.13 bits per heavy atom. The highest BCUT2D eigenvalue weighted by molar-refractivity contribution is 5.79. The molecule has 4 N–H and O–H groups in total. The summed E-state index contributed by atoms with van der Waals surface area (Å²) in [6, 6.07) is -0.200. The summed E-state index contributed by atoms with van der Waals surface area (Å²) in [6.45, 7) is 2.88. The van der Waals surface area contributed by atoms with Gasteiger partial charge in [0.05, 0.1) is 0 Å². The van der Waals surface area contributed by atoms with Crippen molar-refractivity contribution in [2.75, 3.05) is 19.6 Å². The average molecular weight is 210 g/mol. The van der Waals surface area contributed by atoms with Crippen molar-refractivity contribution < 1.29 is 4.79 Å². The fourth-order valence-electron chi connectivity index (χ4n) is 2.06. The molecule has 1 amide bonds. The molecule has 2 heterocycles. The highest BCUT2D eigenvalue weighted by Gasteiger charge is 2.24. The third kappa shape index (κ3) is 2.49. The van der Waals surface area contributed by atoms with E-state index in [0.29, 0.717) is 0 Å². The van der Waals surface area contributed by atoms with Gasteiger partial charge in [-0.1, -0.05) is 6.08 Å². The molecule has 0 aromatic heterocycles. The summed E-state index contributed by atoms with van der Waals surface area (Å²) in [4.78, 5) is 11.1. The van der Waals surface area contributed by atoms with Gasteiger partial charge in [0.2, 0.25) is 5.91 Å². The van der Waals surface area contributed by atoms with E-state index < -0.39 is 0 Å². The standard InChI is InChI=1S/C10H18N4O/c11-10(15)9-2-1-7-14(13-9)8-3-5-12-6-4-8/h3,9,12-13H,1-2,4-7H2,(H2,11,15). The SMILES string of the molecule is NC(=O)C1CCCN(C2=CCNCC2)N1. The monoisotopic (exact) mass is 210 g/mol. The highest BCUT2D eigenvalue weighted by atomic mass is 16.1. The number of rotatable bonds is 2. The normalized spacial score (nSPS) is 27.3. The van der Waals surface area contributed by atoms with Gasteiger partial charge in [-0.25, -0.2) is 5.43 Å². The van der Waals surface area contributed by atoms with Crippen molar-refractivity contribution >= 4 is 5.91 Å². The van der Waals surface area contributed by atoms with Gasteiger partial charge in [0, 0.05) is 31.8 Å². The van der Waals surface area contributed by atoms with Crippen molar-refractivity contribution in [3.05, 3.63) is 11.8 Å². The molecule has 0 radical (unpaired) electrons. The van der Waals surface area contributed by atoms with Crippen molar-refractivity contribution in [1.29, 1.82) is 0 Å². The van der Waals surface area contributed by atoms with E-state index in [0.717, 1.165) is 38.9 Å². The Bertz CT molecular complexity index is 277. The minimum absolute atomic E-state index is 0.200. The molecule has 0 aliphatic carbocycles. The first kappa shape index (κ1) is 10.4. The molecule has 15 heavy (non-hydrogen) atoms. The van der Waals surface area contributed by atoms with Gasteiger partial charge in [0.1, 0.15) is 6.04 Å². The van der Waals surface area contributed by atoms with Gasteiger partial charge >= 0.3 is 0 Å². The molecule has 2 aliphatic heterocycles. The Morgan fingerprint density at radius 2 is 2.47 bits per heavy atom. The summed E-state index contributed by atoms with van der Waals surface area (Å²) in [7, 11) is 0. The highest BCUT2D eigenvalue weighted by Crippen LogP contribution is 2.15. The van der Waals surface area contributed by atoms with Gasteiger partial charge in [-0.3, -0.25) is 4.79 Å². The van der Waals surface area contributed by atoms with Crippen molar-refractivity contribution in [2.24, 2.45) is 5.73 Å². The lowest BCUT2D eigenvalue weighted by atomic mass is 10.1. The molecule has 0 bridgehead atoms. The molecule has 2 rings (SSSR count). The molecule has 0 spiro atoms. The zero-order chi connectivity index (χ0) is 10.7. The Morgan fingerprint density at radius 1 is 1.60 bits per heavy atom. The van der Waals surface area contributed by atoms with E-state index in [2.05, 4.69) is 21.8 Å². The molecular weight excluding hydrogens is 192 g/mol. The Labute approximate surface area is 89.7 Å². The van der Waals surface area contributed by atoms with Crippen LogP contribution in [0.15, 0.2) is 11.8 Å². The molecular formula is C10H18N4O. The first-order chi connectivity index (χ1) is 7.27. The number of nitrogens with zero attached hydrogens (tertiary/aromatic N) is 1. The first-order valence-corrected chi connectivity index (χ1v) is 5.50. The number of carbonyl (C=O) groups excluding carboxylic acids is 1. The second-order valence-electron chi connectivity index (χ2n) is 4.03. The van der Waals surface area contributed by atoms with Gasteiger partial charge in [0.15, 0.2) is 0 Å². The smallest absolute Gasteiger partial charge is 0.236 e. The predicted molar refractivity (Wildman–Crippen MR) is 57.6 cm³/mol. The van der Waals surface area contributed by atoms with Crippen LogP contribution in [0.4, 0.5) is 0 Å². The van der Waals surface area contributed by atoms with Gasteiger partial charge < -0.3 is 16.1 Å². The van der Waals surface area contributed by atoms with Crippen LogP contribution in [0.2, 0.25) is 0 Å². The molecule has 1 atom stereocenters. The van der Waals surface area contributed by atoms with Gasteiger partial charge in [-0.2, -0.15) is 0 Å². The number of carbonyl (C=O) groups is 1. The summed E-state index contributed by atoms with van der Waals surface area (Å²) in [5.74, 6) is -0.255. The average Bonchev–Trinajstić information content (AvgIpc) is 2.30. The summed E-state index contributed by atoms with van der Waals surface area (Å²) in [5, 5.41) is 5.35. The van der Waals surface area contributed by atoms with Crippen molar-refractivity contribution in [3.8, 4) is 0 Å². The largest absolute Gasteiger partial charge is 0.368 e. The van der Waals surface area contributed by atoms with Crippen LogP contribution < -0.4 is 16.5 Å². The van der Waals surface area contributed by atoms with E-state index in [4.69, 9.17) is 5.73 Å². The van der Waals surface area contributed by atoms with E-state index in [1.54, 1.807) is 0 Å². The maximum absolute atomic E-state index is 11.1. The summed E-state index contributed by atoms with van der Waals surface area (Å²) < 4.78 is 0. The van der Waals surface area contributed by atoms with Gasteiger partial charge in [-0.15, -0.1) is 0 Å². The molecule has 1 fully saturated rings. The lowest BCUT2D eigenvalue weighted by Crippen LogP contribution is -2.54. The number of nitrogens with one attached hydrogen (secondary N) is 2. The quantitative estimate of drug-likeness (QED) is 0.564. The van der Waals surface area contributed by atoms with E-state index in [1.807, 2.05) is 0 Å². The lowest BCUT2D eigenvalue weighted by Gasteiger charge is -2.36. The number of primary amides is 1. The molecule has 2 aliphatic rings. The van der Waals surface area contributed by atoms with E-state index in [9.17, 15) is 4.79 Å². The summed E-state index contributed by atoms with van der Waals surface area (Å²) in [6.07, 6.45) is 5.04. The maximum atomic E-state index is 11.1. The first-order valence-electron chi connectivity index (χ1n) is 5.50. The number of hydrogen-bond donors (Lipinski definition) is 3. The fourth-order valence-corrected chi connectivity index (χ4v) is 2.06. The van der Waals surface area contributed by atoms with Gasteiger partial charge in [-0.05, 0) is 12.8 Å². The van der Waals surface area contributed by atoms with Crippen LogP contribution >= 0.6 is 0 Å². The second-order valence-corrected chi connectivity index (χ2v) is 4.03. The lowest BCUT2D eigenvalue weighted by molar-refractivity contribution is -0.122. The van der Waals surface area contributed by atoms with Crippen LogP contribution in [0, 0.1) is 0 Å². The van der Waals surface area contributed by atoms with Crippen molar-refractivity contribution in [1.82, 2.24) is 15.8 Å². The van der Waals surface area contributed by atoms with E-state index in [-0.39, 0.29) is 11.9 Å². The van der Waals surface area contributed by atoms with E-state index in [1.165, 1.54) is 5.70 Å². The molecule has 0 aromatic rings. The molecule has 1 saturated heterocycles. The molecule has 5 heteroatoms. The second kappa shape index (κ2) is 4.63. The van der Waals surface area contributed by atoms with Gasteiger partial charge in [0.25, 0.3) is 0 Å². The Kier molecular flexibility index (Phi) is 3.23. The van der Waals surface area contributed by atoms with Crippen molar-refractivity contribution in [2.45, 2.75) is 25.3 Å². The van der Waals surface area contributed by atoms with Crippen LogP contribution in [0.3, 0.4) is 0 Å². The maximum Gasteiger partial charge on any atom is 0.236 e. The number of amides is 1. The van der Waals surface area contributed by atoms with Crippen molar-refractivity contribution in [3.63, 3.8) is 0 Å². The molecule has 0 saturated carbocycles. The molecule has 1 unspecified atom stereocenters. The number of nitrogens with two attached hydrogens (primary N) is 1. The van der Waals surface area contributed by atoms with Crippen LogP contribution in [0.1, 0.15) is 19.3 Å². The van der Waals surface area contributed by atoms with Crippen LogP contribution in [-0.4, -0.2) is 36.6 Å². The zero-order valence-corrected chi connectivity index (χ0v) is 8.83. The number of hydrogen-bond acceptors (Lipinski definition) is 4. The summed E-state index contributed by atoms with van der Waals surface area (Å²) in [5.41, 5.74) is 9.76. The molecule has 5 nitrogen and oxygen atoms in total. The van der Waals surface area contributed by atoms with Crippen LogP contribution in [0.25, 0.3) is 0 Å². The summed E-state index contributed by atoms with van der Waals surface area (Å²) >= 11 is 0.